The minimum absolute atomic E-state index is 0.452. The Morgan fingerprint density at radius 2 is 2.53 bits per heavy atom. The Morgan fingerprint density at radius 3 is 3.07 bits per heavy atom. The van der Waals surface area contributed by atoms with Gasteiger partial charge >= 0.3 is 5.97 Å². The lowest BCUT2D eigenvalue weighted by molar-refractivity contribution is -0.137. The van der Waals surface area contributed by atoms with Crippen LogP contribution in [0.3, 0.4) is 0 Å². The van der Waals surface area contributed by atoms with Gasteiger partial charge in [0.1, 0.15) is 6.04 Å². The van der Waals surface area contributed by atoms with E-state index in [1.807, 2.05) is 17.8 Å². The first-order valence-electron chi connectivity index (χ1n) is 4.64. The molecule has 84 valence electrons. The van der Waals surface area contributed by atoms with Crippen molar-refractivity contribution in [3.05, 3.63) is 18.0 Å². The lowest BCUT2D eigenvalue weighted by atomic mass is 10.3. The van der Waals surface area contributed by atoms with Gasteiger partial charge in [-0.25, -0.2) is 0 Å². The maximum Gasteiger partial charge on any atom is 0.321 e. The highest BCUT2D eigenvalue weighted by molar-refractivity contribution is 7.99. The number of carboxylic acids is 1. The quantitative estimate of drug-likeness (QED) is 0.677. The van der Waals surface area contributed by atoms with Crippen LogP contribution in [0.4, 0.5) is 0 Å². The summed E-state index contributed by atoms with van der Waals surface area (Å²) < 4.78 is 1.82. The minimum Gasteiger partial charge on any atom is -0.480 e. The number of carboxylic acid groups (broad SMARTS) is 1. The molecule has 0 bridgehead atoms. The van der Waals surface area contributed by atoms with E-state index in [2.05, 4.69) is 5.10 Å². The lowest BCUT2D eigenvalue weighted by Gasteiger charge is -2.05. The van der Waals surface area contributed by atoms with Crippen molar-refractivity contribution in [3.8, 4) is 0 Å². The number of nitrogens with two attached hydrogens (primary N) is 1. The highest BCUT2D eigenvalue weighted by Gasteiger charge is 2.10. The maximum atomic E-state index is 10.4. The smallest absolute Gasteiger partial charge is 0.321 e. The van der Waals surface area contributed by atoms with Gasteiger partial charge in [-0.15, -0.1) is 0 Å². The molecule has 3 N–H and O–H groups in total. The van der Waals surface area contributed by atoms with Crippen molar-refractivity contribution >= 4 is 17.7 Å². The fourth-order valence-corrected chi connectivity index (χ4v) is 2.02. The Morgan fingerprint density at radius 1 is 1.80 bits per heavy atom. The third-order valence-electron chi connectivity index (χ3n) is 2.04. The van der Waals surface area contributed by atoms with Crippen molar-refractivity contribution in [1.29, 1.82) is 0 Å². The molecular formula is C9H15N3O2S. The van der Waals surface area contributed by atoms with Crippen LogP contribution in [0.25, 0.3) is 0 Å². The first kappa shape index (κ1) is 12.1. The van der Waals surface area contributed by atoms with Crippen molar-refractivity contribution < 1.29 is 9.90 Å². The molecule has 1 rings (SSSR count). The zero-order valence-electron chi connectivity index (χ0n) is 8.59. The Kier molecular flexibility index (Phi) is 4.64. The van der Waals surface area contributed by atoms with Crippen molar-refractivity contribution in [2.75, 3.05) is 11.5 Å². The molecule has 0 amide bonds. The zero-order chi connectivity index (χ0) is 11.3. The maximum absolute atomic E-state index is 10.4. The molecule has 0 saturated carbocycles. The fourth-order valence-electron chi connectivity index (χ4n) is 1.10. The van der Waals surface area contributed by atoms with E-state index in [9.17, 15) is 4.79 Å². The largest absolute Gasteiger partial charge is 0.480 e. The predicted molar refractivity (Wildman–Crippen MR) is 59.8 cm³/mol. The van der Waals surface area contributed by atoms with E-state index < -0.39 is 12.0 Å². The van der Waals surface area contributed by atoms with Gasteiger partial charge in [0.05, 0.1) is 0 Å². The van der Waals surface area contributed by atoms with Gasteiger partial charge in [-0.3, -0.25) is 9.48 Å². The van der Waals surface area contributed by atoms with E-state index in [1.54, 1.807) is 18.0 Å². The molecule has 0 aliphatic heterocycles. The SMILES string of the molecule is Cn1nccc1CCSC[C@H](N)C(=O)O. The molecule has 0 aliphatic carbocycles. The molecule has 1 heterocycles. The fraction of sp³-hybridized carbons (Fsp3) is 0.556. The normalized spacial score (nSPS) is 12.7. The number of aliphatic carboxylic acids is 1. The van der Waals surface area contributed by atoms with Crippen LogP contribution >= 0.6 is 11.8 Å². The molecule has 0 radical (unpaired) electrons. The number of aromatic nitrogens is 2. The molecule has 5 nitrogen and oxygen atoms in total. The van der Waals surface area contributed by atoms with E-state index >= 15 is 0 Å². The van der Waals surface area contributed by atoms with Crippen molar-refractivity contribution in [1.82, 2.24) is 9.78 Å². The van der Waals surface area contributed by atoms with Crippen LogP contribution in [-0.2, 0) is 18.3 Å². The Labute approximate surface area is 92.6 Å². The molecule has 15 heavy (non-hydrogen) atoms. The van der Waals surface area contributed by atoms with Gasteiger partial charge in [0.2, 0.25) is 0 Å². The molecule has 1 aromatic rings. The molecule has 1 aromatic heterocycles. The van der Waals surface area contributed by atoms with Crippen LogP contribution in [-0.4, -0.2) is 38.4 Å². The molecule has 1 atom stereocenters. The second-order valence-electron chi connectivity index (χ2n) is 3.22. The van der Waals surface area contributed by atoms with E-state index in [-0.39, 0.29) is 0 Å². The van der Waals surface area contributed by atoms with Gasteiger partial charge in [-0.1, -0.05) is 0 Å². The minimum atomic E-state index is -0.942. The van der Waals surface area contributed by atoms with Gasteiger partial charge in [0, 0.05) is 24.7 Å². The van der Waals surface area contributed by atoms with Crippen LogP contribution in [0.2, 0.25) is 0 Å². The van der Waals surface area contributed by atoms with Gasteiger partial charge < -0.3 is 10.8 Å². The van der Waals surface area contributed by atoms with Crippen LogP contribution in [0.1, 0.15) is 5.69 Å². The number of carbonyl (C=O) groups is 1. The summed E-state index contributed by atoms with van der Waals surface area (Å²) in [5.41, 5.74) is 6.51. The first-order valence-corrected chi connectivity index (χ1v) is 5.79. The van der Waals surface area contributed by atoms with E-state index in [1.165, 1.54) is 0 Å². The van der Waals surface area contributed by atoms with E-state index in [0.29, 0.717) is 5.75 Å². The summed E-state index contributed by atoms with van der Waals surface area (Å²) in [6, 6.07) is 1.19. The summed E-state index contributed by atoms with van der Waals surface area (Å²) in [4.78, 5) is 10.4. The third kappa shape index (κ3) is 3.93. The summed E-state index contributed by atoms with van der Waals surface area (Å²) in [6.45, 7) is 0. The second kappa shape index (κ2) is 5.77. The summed E-state index contributed by atoms with van der Waals surface area (Å²) >= 11 is 1.55. The second-order valence-corrected chi connectivity index (χ2v) is 4.37. The molecule has 0 aromatic carbocycles. The summed E-state index contributed by atoms with van der Waals surface area (Å²) in [5.74, 6) is 0.372. The molecule has 0 unspecified atom stereocenters. The molecular weight excluding hydrogens is 214 g/mol. The van der Waals surface area contributed by atoms with Crippen molar-refractivity contribution in [3.63, 3.8) is 0 Å². The molecule has 6 heteroatoms. The van der Waals surface area contributed by atoms with Gasteiger partial charge in [0.25, 0.3) is 0 Å². The van der Waals surface area contributed by atoms with Crippen LogP contribution in [0.5, 0.6) is 0 Å². The standard InChI is InChI=1S/C9H15N3O2S/c1-12-7(2-4-11-12)3-5-15-6-8(10)9(13)14/h2,4,8H,3,5-6,10H2,1H3,(H,13,14)/t8-/m0/s1. The summed E-state index contributed by atoms with van der Waals surface area (Å²) in [6.07, 6.45) is 2.64. The number of thioether (sulfide) groups is 1. The van der Waals surface area contributed by atoms with Crippen LogP contribution < -0.4 is 5.73 Å². The topological polar surface area (TPSA) is 81.1 Å². The lowest BCUT2D eigenvalue weighted by Crippen LogP contribution is -2.32. The Hall–Kier alpha value is -1.01. The third-order valence-corrected chi connectivity index (χ3v) is 3.13. The number of hydrogen-bond donors (Lipinski definition) is 2. The number of nitrogens with zero attached hydrogens (tertiary/aromatic N) is 2. The summed E-state index contributed by atoms with van der Waals surface area (Å²) in [5, 5.41) is 12.6. The average molecular weight is 229 g/mol. The monoisotopic (exact) mass is 229 g/mol. The summed E-state index contributed by atoms with van der Waals surface area (Å²) in [7, 11) is 1.89. The van der Waals surface area contributed by atoms with Crippen LogP contribution in [0, 0.1) is 0 Å². The number of rotatable bonds is 6. The number of aryl methyl sites for hydroxylation is 2. The van der Waals surface area contributed by atoms with Gasteiger partial charge in [0.15, 0.2) is 0 Å². The Bertz CT molecular complexity index is 327. The molecule has 0 aliphatic rings. The Balaban J connectivity index is 2.17. The van der Waals surface area contributed by atoms with Gasteiger partial charge in [-0.05, 0) is 18.2 Å². The van der Waals surface area contributed by atoms with Crippen LogP contribution in [0.15, 0.2) is 12.3 Å². The molecule has 0 spiro atoms. The molecule has 0 saturated heterocycles. The molecule has 0 fully saturated rings. The highest BCUT2D eigenvalue weighted by Crippen LogP contribution is 2.07. The van der Waals surface area contributed by atoms with Crippen molar-refractivity contribution in [2.45, 2.75) is 12.5 Å². The van der Waals surface area contributed by atoms with E-state index in [0.717, 1.165) is 17.9 Å². The van der Waals surface area contributed by atoms with E-state index in [4.69, 9.17) is 10.8 Å². The predicted octanol–water partition coefficient (Wildman–Crippen LogP) is 0.108. The highest BCUT2D eigenvalue weighted by atomic mass is 32.2. The average Bonchev–Trinajstić information content (AvgIpc) is 2.58. The van der Waals surface area contributed by atoms with Gasteiger partial charge in [-0.2, -0.15) is 16.9 Å². The number of hydrogen-bond acceptors (Lipinski definition) is 4. The zero-order valence-corrected chi connectivity index (χ0v) is 9.41. The van der Waals surface area contributed by atoms with Crippen molar-refractivity contribution in [2.24, 2.45) is 12.8 Å². The first-order chi connectivity index (χ1) is 7.11.